The number of fused-ring (bicyclic) bond motifs is 1. The predicted molar refractivity (Wildman–Crippen MR) is 136 cm³/mol. The first kappa shape index (κ1) is 25.1. The Morgan fingerprint density at radius 3 is 2.60 bits per heavy atom. The van der Waals surface area contributed by atoms with Gasteiger partial charge in [-0.2, -0.15) is 0 Å². The molecule has 0 saturated carbocycles. The monoisotopic (exact) mass is 499 g/mol. The zero-order chi connectivity index (χ0) is 25.3. The first-order valence-electron chi connectivity index (χ1n) is 11.8. The third-order valence-electron chi connectivity index (χ3n) is 5.78. The lowest BCUT2D eigenvalue weighted by Gasteiger charge is -2.36. The molecule has 3 aromatic heterocycles. The number of alkyl carbamates (subject to hydrolysis) is 1. The van der Waals surface area contributed by atoms with Crippen LogP contribution in [0.15, 0.2) is 30.5 Å². The molecule has 1 saturated heterocycles. The number of hydrogen-bond donors (Lipinski definition) is 1. The number of carbonyl (C=O) groups excluding carboxylic acids is 1. The molecule has 1 unspecified atom stereocenters. The summed E-state index contributed by atoms with van der Waals surface area (Å²) in [7, 11) is 0. The number of anilines is 1. The van der Waals surface area contributed by atoms with Gasteiger partial charge in [0, 0.05) is 30.7 Å². The van der Waals surface area contributed by atoms with Crippen molar-refractivity contribution in [2.24, 2.45) is 11.8 Å². The molecule has 0 spiro atoms. The fraction of sp³-hybridized carbons (Fsp3) is 0.462. The SMILES string of the molecule is CC1C[C@H](C)CN(c2cc(F)c(Cl)c(-c3ccc4cnc(CNC(=O)OC(C)(C)C)cc4n3)n2)C1. The molecule has 1 aliphatic heterocycles. The lowest BCUT2D eigenvalue weighted by Crippen LogP contribution is -2.39. The van der Waals surface area contributed by atoms with Crippen LogP contribution < -0.4 is 10.2 Å². The summed E-state index contributed by atoms with van der Waals surface area (Å²) in [6.45, 7) is 11.6. The van der Waals surface area contributed by atoms with Crippen molar-refractivity contribution in [1.29, 1.82) is 0 Å². The van der Waals surface area contributed by atoms with Crippen LogP contribution in [-0.2, 0) is 11.3 Å². The van der Waals surface area contributed by atoms with Crippen molar-refractivity contribution < 1.29 is 13.9 Å². The van der Waals surface area contributed by atoms with E-state index in [0.29, 0.717) is 40.3 Å². The van der Waals surface area contributed by atoms with E-state index in [1.807, 2.05) is 6.07 Å². The zero-order valence-corrected chi connectivity index (χ0v) is 21.5. The van der Waals surface area contributed by atoms with Crippen molar-refractivity contribution in [2.45, 2.75) is 53.2 Å². The number of rotatable bonds is 4. The van der Waals surface area contributed by atoms with Crippen LogP contribution in [0.2, 0.25) is 5.02 Å². The average Bonchev–Trinajstić information content (AvgIpc) is 2.77. The maximum absolute atomic E-state index is 14.9. The molecule has 1 N–H and O–H groups in total. The second-order valence-electron chi connectivity index (χ2n) is 10.4. The topological polar surface area (TPSA) is 80.2 Å². The van der Waals surface area contributed by atoms with Crippen molar-refractivity contribution in [3.05, 3.63) is 47.0 Å². The molecule has 3 aromatic rings. The van der Waals surface area contributed by atoms with E-state index in [1.165, 1.54) is 6.07 Å². The average molecular weight is 500 g/mol. The van der Waals surface area contributed by atoms with E-state index in [-0.39, 0.29) is 11.6 Å². The summed E-state index contributed by atoms with van der Waals surface area (Å²) in [5.74, 6) is 1.05. The van der Waals surface area contributed by atoms with Gasteiger partial charge in [0.1, 0.15) is 28.0 Å². The summed E-state index contributed by atoms with van der Waals surface area (Å²) in [5.41, 5.74) is 1.45. The predicted octanol–water partition coefficient (Wildman–Crippen LogP) is 5.99. The number of pyridine rings is 3. The molecule has 4 heterocycles. The summed E-state index contributed by atoms with van der Waals surface area (Å²) in [6, 6.07) is 6.80. The van der Waals surface area contributed by atoms with Crippen LogP contribution in [0.5, 0.6) is 0 Å². The minimum Gasteiger partial charge on any atom is -0.444 e. The van der Waals surface area contributed by atoms with Gasteiger partial charge in [-0.05, 0) is 57.2 Å². The summed E-state index contributed by atoms with van der Waals surface area (Å²) in [4.78, 5) is 27.9. The molecule has 35 heavy (non-hydrogen) atoms. The van der Waals surface area contributed by atoms with E-state index in [9.17, 15) is 9.18 Å². The molecule has 1 fully saturated rings. The molecule has 0 aromatic carbocycles. The number of ether oxygens (including phenoxy) is 1. The normalized spacial score (nSPS) is 18.5. The first-order valence-corrected chi connectivity index (χ1v) is 12.2. The molecule has 2 atom stereocenters. The van der Waals surface area contributed by atoms with E-state index in [4.69, 9.17) is 26.3 Å². The molecule has 4 rings (SSSR count). The van der Waals surface area contributed by atoms with Gasteiger partial charge in [-0.15, -0.1) is 0 Å². The van der Waals surface area contributed by atoms with Gasteiger partial charge in [0.05, 0.1) is 23.4 Å². The maximum Gasteiger partial charge on any atom is 0.407 e. The van der Waals surface area contributed by atoms with Gasteiger partial charge in [-0.3, -0.25) is 4.98 Å². The zero-order valence-electron chi connectivity index (χ0n) is 20.7. The summed E-state index contributed by atoms with van der Waals surface area (Å²) < 4.78 is 20.1. The Morgan fingerprint density at radius 2 is 1.91 bits per heavy atom. The number of halogens is 2. The first-order chi connectivity index (χ1) is 16.5. The molecule has 0 aliphatic carbocycles. The van der Waals surface area contributed by atoms with Crippen LogP contribution in [0.4, 0.5) is 15.0 Å². The number of carbonyl (C=O) groups is 1. The minimum absolute atomic E-state index is 0.0559. The van der Waals surface area contributed by atoms with Gasteiger partial charge in [0.25, 0.3) is 0 Å². The van der Waals surface area contributed by atoms with Crippen LogP contribution in [0, 0.1) is 17.7 Å². The van der Waals surface area contributed by atoms with E-state index in [0.717, 1.165) is 24.9 Å². The number of nitrogens with one attached hydrogen (secondary N) is 1. The quantitative estimate of drug-likeness (QED) is 0.474. The van der Waals surface area contributed by atoms with E-state index in [1.54, 1.807) is 39.1 Å². The van der Waals surface area contributed by atoms with Crippen molar-refractivity contribution >= 4 is 34.4 Å². The molecule has 0 bridgehead atoms. The smallest absolute Gasteiger partial charge is 0.407 e. The van der Waals surface area contributed by atoms with E-state index >= 15 is 0 Å². The third kappa shape index (κ3) is 6.17. The minimum atomic E-state index is -0.586. The Balaban J connectivity index is 1.62. The van der Waals surface area contributed by atoms with Crippen LogP contribution in [-0.4, -0.2) is 39.7 Å². The van der Waals surface area contributed by atoms with Gasteiger partial charge in [-0.1, -0.05) is 25.4 Å². The Hall–Kier alpha value is -3.00. The summed E-state index contributed by atoms with van der Waals surface area (Å²) >= 11 is 6.35. The van der Waals surface area contributed by atoms with Gasteiger partial charge in [0.15, 0.2) is 0 Å². The molecule has 1 aliphatic rings. The Morgan fingerprint density at radius 1 is 1.20 bits per heavy atom. The Bertz CT molecular complexity index is 1240. The van der Waals surface area contributed by atoms with Crippen LogP contribution in [0.1, 0.15) is 46.7 Å². The number of aromatic nitrogens is 3. The highest BCUT2D eigenvalue weighted by molar-refractivity contribution is 6.33. The second-order valence-corrected chi connectivity index (χ2v) is 10.8. The highest BCUT2D eigenvalue weighted by Crippen LogP contribution is 2.33. The fourth-order valence-corrected chi connectivity index (χ4v) is 4.62. The van der Waals surface area contributed by atoms with E-state index < -0.39 is 17.5 Å². The van der Waals surface area contributed by atoms with Crippen LogP contribution in [0.3, 0.4) is 0 Å². The lowest BCUT2D eigenvalue weighted by atomic mass is 9.92. The standard InChI is InChI=1S/C26H31ClFN5O2/c1-15-8-16(2)14-33(13-15)22-10-19(28)23(27)24(32-22)20-7-6-17-11-29-18(9-21(17)31-20)12-30-25(34)35-26(3,4)5/h6-7,9-11,15-16H,8,12-14H2,1-5H3,(H,30,34)/t15-,16?/m0/s1. The van der Waals surface area contributed by atoms with E-state index in [2.05, 4.69) is 29.0 Å². The molecule has 0 radical (unpaired) electrons. The lowest BCUT2D eigenvalue weighted by molar-refractivity contribution is 0.0523. The number of piperidine rings is 1. The summed E-state index contributed by atoms with van der Waals surface area (Å²) in [5, 5.41) is 3.44. The maximum atomic E-state index is 14.9. The van der Waals surface area contributed by atoms with Gasteiger partial charge >= 0.3 is 6.09 Å². The van der Waals surface area contributed by atoms with Crippen molar-refractivity contribution in [2.75, 3.05) is 18.0 Å². The number of amides is 1. The molecule has 7 nitrogen and oxygen atoms in total. The van der Waals surface area contributed by atoms with Gasteiger partial charge in [-0.25, -0.2) is 19.2 Å². The number of nitrogens with zero attached hydrogens (tertiary/aromatic N) is 4. The van der Waals surface area contributed by atoms with Crippen molar-refractivity contribution in [3.63, 3.8) is 0 Å². The van der Waals surface area contributed by atoms with Crippen molar-refractivity contribution in [3.8, 4) is 11.4 Å². The van der Waals surface area contributed by atoms with Gasteiger partial charge < -0.3 is 15.0 Å². The Labute approximate surface area is 210 Å². The Kier molecular flexibility index (Phi) is 7.12. The molecule has 1 amide bonds. The highest BCUT2D eigenvalue weighted by Gasteiger charge is 2.25. The van der Waals surface area contributed by atoms with Crippen LogP contribution >= 0.6 is 11.6 Å². The second kappa shape index (κ2) is 9.93. The summed E-state index contributed by atoms with van der Waals surface area (Å²) in [6.07, 6.45) is 2.30. The molecular weight excluding hydrogens is 469 g/mol. The molecular formula is C26H31ClFN5O2. The van der Waals surface area contributed by atoms with Gasteiger partial charge in [0.2, 0.25) is 0 Å². The van der Waals surface area contributed by atoms with Crippen molar-refractivity contribution in [1.82, 2.24) is 20.3 Å². The molecule has 9 heteroatoms. The highest BCUT2D eigenvalue weighted by atomic mass is 35.5. The molecule has 186 valence electrons. The largest absolute Gasteiger partial charge is 0.444 e. The third-order valence-corrected chi connectivity index (χ3v) is 6.14. The number of hydrogen-bond acceptors (Lipinski definition) is 6. The van der Waals surface area contributed by atoms with Crippen LogP contribution in [0.25, 0.3) is 22.3 Å². The fourth-order valence-electron chi connectivity index (χ4n) is 4.43.